The smallest absolute Gasteiger partial charge is 0.237 e. The maximum Gasteiger partial charge on any atom is 0.237 e. The Kier molecular flexibility index (Phi) is 3.07. The second-order valence-corrected chi connectivity index (χ2v) is 5.41. The van der Waals surface area contributed by atoms with Gasteiger partial charge < -0.3 is 15.2 Å². The van der Waals surface area contributed by atoms with Crippen LogP contribution >= 0.6 is 0 Å². The number of aromatic nitrogens is 2. The Morgan fingerprint density at radius 2 is 2.50 bits per heavy atom. The molecule has 3 unspecified atom stereocenters. The van der Waals surface area contributed by atoms with Crippen molar-refractivity contribution in [1.29, 1.82) is 0 Å². The predicted octanol–water partition coefficient (Wildman–Crippen LogP) is 0.424. The van der Waals surface area contributed by atoms with E-state index in [2.05, 4.69) is 15.6 Å². The molecular weight excluding hydrogens is 228 g/mol. The van der Waals surface area contributed by atoms with Crippen molar-refractivity contribution in [3.8, 4) is 0 Å². The minimum absolute atomic E-state index is 0.0118. The van der Waals surface area contributed by atoms with E-state index in [0.29, 0.717) is 18.4 Å². The molecule has 2 heterocycles. The van der Waals surface area contributed by atoms with Crippen LogP contribution in [0, 0.1) is 11.8 Å². The molecule has 0 spiro atoms. The van der Waals surface area contributed by atoms with Crippen molar-refractivity contribution in [2.45, 2.75) is 31.8 Å². The molecule has 2 N–H and O–H groups in total. The molecule has 1 saturated heterocycles. The van der Waals surface area contributed by atoms with Crippen molar-refractivity contribution >= 4 is 5.91 Å². The summed E-state index contributed by atoms with van der Waals surface area (Å²) >= 11 is 0. The van der Waals surface area contributed by atoms with Crippen molar-refractivity contribution < 1.29 is 4.79 Å². The summed E-state index contributed by atoms with van der Waals surface area (Å²) in [6.45, 7) is 1.52. The molecule has 5 nitrogen and oxygen atoms in total. The Labute approximate surface area is 107 Å². The Morgan fingerprint density at radius 3 is 3.28 bits per heavy atom. The molecule has 1 aliphatic carbocycles. The van der Waals surface area contributed by atoms with Crippen LogP contribution in [0.15, 0.2) is 12.4 Å². The summed E-state index contributed by atoms with van der Waals surface area (Å²) in [4.78, 5) is 16.4. The fourth-order valence-electron chi connectivity index (χ4n) is 3.32. The first-order chi connectivity index (χ1) is 8.75. The van der Waals surface area contributed by atoms with Crippen LogP contribution in [0.25, 0.3) is 0 Å². The minimum atomic E-state index is 0.0118. The average Bonchev–Trinajstić information content (AvgIpc) is 3.01. The van der Waals surface area contributed by atoms with E-state index in [9.17, 15) is 4.79 Å². The lowest BCUT2D eigenvalue weighted by atomic mass is 9.94. The third-order valence-electron chi connectivity index (χ3n) is 4.37. The molecule has 1 aromatic heterocycles. The lowest BCUT2D eigenvalue weighted by Crippen LogP contribution is -2.43. The molecule has 98 valence electrons. The normalized spacial score (nSPS) is 30.4. The highest BCUT2D eigenvalue weighted by Gasteiger charge is 2.42. The zero-order valence-electron chi connectivity index (χ0n) is 10.7. The van der Waals surface area contributed by atoms with Gasteiger partial charge in [-0.05, 0) is 31.2 Å². The van der Waals surface area contributed by atoms with Crippen molar-refractivity contribution in [2.24, 2.45) is 18.9 Å². The standard InChI is InChI=1S/C13H20N4O/c1-17-6-5-14-11(17)8-16-13(18)12-10-4-2-3-9(10)7-15-12/h5-6,9-10,12,15H,2-4,7-8H2,1H3,(H,16,18). The number of carbonyl (C=O) groups excluding carboxylic acids is 1. The number of fused-ring (bicyclic) bond motifs is 1. The van der Waals surface area contributed by atoms with E-state index in [4.69, 9.17) is 0 Å². The van der Waals surface area contributed by atoms with Gasteiger partial charge in [0.15, 0.2) is 0 Å². The zero-order valence-corrected chi connectivity index (χ0v) is 10.7. The molecular formula is C13H20N4O. The Bertz CT molecular complexity index is 442. The first-order valence-corrected chi connectivity index (χ1v) is 6.73. The molecule has 2 aliphatic rings. The van der Waals surface area contributed by atoms with Crippen LogP contribution in [0.2, 0.25) is 0 Å². The van der Waals surface area contributed by atoms with Gasteiger partial charge >= 0.3 is 0 Å². The molecule has 5 heteroatoms. The SMILES string of the molecule is Cn1ccnc1CNC(=O)C1NCC2CCCC21. The van der Waals surface area contributed by atoms with Crippen molar-refractivity contribution in [2.75, 3.05) is 6.54 Å². The molecule has 2 fully saturated rings. The molecule has 1 amide bonds. The van der Waals surface area contributed by atoms with Gasteiger partial charge in [-0.15, -0.1) is 0 Å². The van der Waals surface area contributed by atoms with Gasteiger partial charge in [-0.3, -0.25) is 4.79 Å². The van der Waals surface area contributed by atoms with E-state index in [-0.39, 0.29) is 11.9 Å². The first kappa shape index (κ1) is 11.7. The lowest BCUT2D eigenvalue weighted by Gasteiger charge is -2.17. The van der Waals surface area contributed by atoms with Crippen LogP contribution in [0.4, 0.5) is 0 Å². The molecule has 0 bridgehead atoms. The number of rotatable bonds is 3. The van der Waals surface area contributed by atoms with Gasteiger partial charge in [-0.2, -0.15) is 0 Å². The van der Waals surface area contributed by atoms with Crippen LogP contribution < -0.4 is 10.6 Å². The van der Waals surface area contributed by atoms with E-state index in [0.717, 1.165) is 12.4 Å². The van der Waals surface area contributed by atoms with Crippen molar-refractivity contribution in [1.82, 2.24) is 20.2 Å². The number of nitrogens with zero attached hydrogens (tertiary/aromatic N) is 2. The third kappa shape index (κ3) is 2.03. The van der Waals surface area contributed by atoms with Gasteiger partial charge in [0.25, 0.3) is 0 Å². The Balaban J connectivity index is 1.57. The van der Waals surface area contributed by atoms with Crippen molar-refractivity contribution in [3.05, 3.63) is 18.2 Å². The quantitative estimate of drug-likeness (QED) is 0.815. The Morgan fingerprint density at radius 1 is 1.61 bits per heavy atom. The third-order valence-corrected chi connectivity index (χ3v) is 4.37. The molecule has 1 aliphatic heterocycles. The monoisotopic (exact) mass is 248 g/mol. The van der Waals surface area contributed by atoms with Gasteiger partial charge in [0.1, 0.15) is 5.82 Å². The largest absolute Gasteiger partial charge is 0.348 e. The number of aryl methyl sites for hydroxylation is 1. The zero-order chi connectivity index (χ0) is 12.5. The summed E-state index contributed by atoms with van der Waals surface area (Å²) in [5.41, 5.74) is 0. The fraction of sp³-hybridized carbons (Fsp3) is 0.692. The van der Waals surface area contributed by atoms with Gasteiger partial charge in [-0.25, -0.2) is 4.98 Å². The summed E-state index contributed by atoms with van der Waals surface area (Å²) in [6.07, 6.45) is 7.39. The number of nitrogens with one attached hydrogen (secondary N) is 2. The number of imidazole rings is 1. The molecule has 3 atom stereocenters. The van der Waals surface area contributed by atoms with Gasteiger partial charge in [-0.1, -0.05) is 6.42 Å². The van der Waals surface area contributed by atoms with Crippen LogP contribution in [0.5, 0.6) is 0 Å². The van der Waals surface area contributed by atoms with Crippen LogP contribution in [0.3, 0.4) is 0 Å². The second kappa shape index (κ2) is 4.72. The van der Waals surface area contributed by atoms with E-state index < -0.39 is 0 Å². The van der Waals surface area contributed by atoms with Gasteiger partial charge in [0.05, 0.1) is 12.6 Å². The molecule has 1 aromatic rings. The van der Waals surface area contributed by atoms with Crippen molar-refractivity contribution in [3.63, 3.8) is 0 Å². The first-order valence-electron chi connectivity index (χ1n) is 6.73. The Hall–Kier alpha value is -1.36. The summed E-state index contributed by atoms with van der Waals surface area (Å²) in [5.74, 6) is 2.29. The summed E-state index contributed by atoms with van der Waals surface area (Å²) < 4.78 is 1.93. The van der Waals surface area contributed by atoms with Crippen LogP contribution in [-0.2, 0) is 18.4 Å². The van der Waals surface area contributed by atoms with Crippen LogP contribution in [-0.4, -0.2) is 28.0 Å². The van der Waals surface area contributed by atoms with Crippen LogP contribution in [0.1, 0.15) is 25.1 Å². The van der Waals surface area contributed by atoms with Gasteiger partial charge in [0.2, 0.25) is 5.91 Å². The summed E-state index contributed by atoms with van der Waals surface area (Å²) in [7, 11) is 1.94. The number of hydrogen-bond acceptors (Lipinski definition) is 3. The molecule has 0 radical (unpaired) electrons. The van der Waals surface area contributed by atoms with E-state index >= 15 is 0 Å². The maximum atomic E-state index is 12.2. The maximum absolute atomic E-state index is 12.2. The number of carbonyl (C=O) groups is 1. The highest BCUT2D eigenvalue weighted by Crippen LogP contribution is 2.37. The number of hydrogen-bond donors (Lipinski definition) is 2. The molecule has 3 rings (SSSR count). The predicted molar refractivity (Wildman–Crippen MR) is 67.7 cm³/mol. The summed E-state index contributed by atoms with van der Waals surface area (Å²) in [6, 6.07) is 0.0118. The number of amides is 1. The molecule has 1 saturated carbocycles. The summed E-state index contributed by atoms with van der Waals surface area (Å²) in [5, 5.41) is 6.36. The highest BCUT2D eigenvalue weighted by molar-refractivity contribution is 5.82. The average molecular weight is 248 g/mol. The van der Waals surface area contributed by atoms with E-state index in [1.54, 1.807) is 6.20 Å². The van der Waals surface area contributed by atoms with Gasteiger partial charge in [0, 0.05) is 19.4 Å². The molecule has 0 aromatic carbocycles. The minimum Gasteiger partial charge on any atom is -0.348 e. The van der Waals surface area contributed by atoms with E-state index in [1.165, 1.54) is 19.3 Å². The topological polar surface area (TPSA) is 59.0 Å². The lowest BCUT2D eigenvalue weighted by molar-refractivity contribution is -0.124. The van der Waals surface area contributed by atoms with E-state index in [1.807, 2.05) is 17.8 Å². The second-order valence-electron chi connectivity index (χ2n) is 5.41. The highest BCUT2D eigenvalue weighted by atomic mass is 16.2. The molecule has 18 heavy (non-hydrogen) atoms. The fourth-order valence-corrected chi connectivity index (χ4v) is 3.32.